The average Bonchev–Trinajstić information content (AvgIpc) is 2.90. The van der Waals surface area contributed by atoms with Gasteiger partial charge in [0.25, 0.3) is 0 Å². The number of halogens is 1. The third kappa shape index (κ3) is 7.42. The molecule has 2 atom stereocenters. The molecule has 1 amide bonds. The molecular weight excluding hydrogens is 593 g/mol. The van der Waals surface area contributed by atoms with Crippen LogP contribution in [0.5, 0.6) is 0 Å². The smallest absolute Gasteiger partial charge is 0.223 e. The molecule has 0 saturated heterocycles. The van der Waals surface area contributed by atoms with Crippen molar-refractivity contribution in [3.63, 3.8) is 0 Å². The van der Waals surface area contributed by atoms with Gasteiger partial charge in [0.15, 0.2) is 0 Å². The first-order chi connectivity index (χ1) is 17.7. The monoisotopic (exact) mass is 629 g/mol. The summed E-state index contributed by atoms with van der Waals surface area (Å²) in [6.45, 7) is 4.19. The van der Waals surface area contributed by atoms with Crippen LogP contribution in [0.15, 0.2) is 77.7 Å². The van der Waals surface area contributed by atoms with Gasteiger partial charge >= 0.3 is 0 Å². The fraction of sp³-hybridized carbons (Fsp3) is 0.367. The highest BCUT2D eigenvalue weighted by atomic mass is 127. The molecule has 1 aliphatic carbocycles. The number of hydrogen-bond donors (Lipinski definition) is 3. The van der Waals surface area contributed by atoms with Crippen LogP contribution < -0.4 is 10.0 Å². The van der Waals surface area contributed by atoms with Crippen molar-refractivity contribution in [3.8, 4) is 11.1 Å². The molecule has 3 N–H and O–H groups in total. The van der Waals surface area contributed by atoms with E-state index in [0.717, 1.165) is 55.2 Å². The van der Waals surface area contributed by atoms with Gasteiger partial charge in [0.05, 0.1) is 10.9 Å². The molecule has 0 aromatic heterocycles. The summed E-state index contributed by atoms with van der Waals surface area (Å²) in [5.41, 5.74) is 4.59. The first-order valence-electron chi connectivity index (χ1n) is 13.1. The van der Waals surface area contributed by atoms with Crippen LogP contribution in [0.3, 0.4) is 0 Å². The number of carbonyl (C=O) groups is 1. The molecule has 5 nitrogen and oxygen atoms in total. The Labute approximate surface area is 235 Å². The van der Waals surface area contributed by atoms with Crippen molar-refractivity contribution in [2.75, 3.05) is 0 Å². The fourth-order valence-corrected chi connectivity index (χ4v) is 6.65. The van der Waals surface area contributed by atoms with Crippen LogP contribution in [-0.4, -0.2) is 16.2 Å². The number of carbonyl (C=O) groups excluding carboxylic acids is 1. The molecule has 7 heteroatoms. The number of benzene rings is 3. The van der Waals surface area contributed by atoms with E-state index < -0.39 is 9.92 Å². The van der Waals surface area contributed by atoms with Gasteiger partial charge in [-0.3, -0.25) is 4.79 Å². The lowest BCUT2D eigenvalue weighted by Gasteiger charge is -2.30. The SMILES string of the molecule is CCCc1ccc(-c2ccc(S(=N)(=O)NC3CCC(C(=O)N[C@H](C)c4ccc(I)cc4)CC3)cc2)cc1. The van der Waals surface area contributed by atoms with Gasteiger partial charge in [-0.05, 0) is 108 Å². The van der Waals surface area contributed by atoms with E-state index in [1.54, 1.807) is 12.1 Å². The maximum Gasteiger partial charge on any atom is 0.223 e. The summed E-state index contributed by atoms with van der Waals surface area (Å²) < 4.78 is 26.0. The molecule has 4 rings (SSSR count). The molecule has 1 fully saturated rings. The predicted octanol–water partition coefficient (Wildman–Crippen LogP) is 7.26. The molecule has 0 radical (unpaired) electrons. The summed E-state index contributed by atoms with van der Waals surface area (Å²) in [5, 5.41) is 3.15. The third-order valence-corrected chi connectivity index (χ3v) is 9.49. The Balaban J connectivity index is 1.29. The molecule has 1 aliphatic rings. The second kappa shape index (κ2) is 12.5. The van der Waals surface area contributed by atoms with Crippen LogP contribution in [-0.2, 0) is 21.1 Å². The van der Waals surface area contributed by atoms with Gasteiger partial charge in [0, 0.05) is 15.5 Å². The lowest BCUT2D eigenvalue weighted by Crippen LogP contribution is -2.41. The van der Waals surface area contributed by atoms with Gasteiger partial charge in [0.2, 0.25) is 5.91 Å². The fourth-order valence-electron chi connectivity index (χ4n) is 4.93. The van der Waals surface area contributed by atoms with E-state index in [2.05, 4.69) is 63.8 Å². The van der Waals surface area contributed by atoms with Crippen molar-refractivity contribution in [1.82, 2.24) is 10.0 Å². The summed E-state index contributed by atoms with van der Waals surface area (Å²) in [4.78, 5) is 13.3. The van der Waals surface area contributed by atoms with Gasteiger partial charge in [-0.1, -0.05) is 61.9 Å². The maximum atomic E-state index is 13.2. The number of nitrogens with one attached hydrogen (secondary N) is 3. The van der Waals surface area contributed by atoms with E-state index in [-0.39, 0.29) is 23.9 Å². The molecule has 0 aliphatic heterocycles. The number of rotatable bonds is 9. The van der Waals surface area contributed by atoms with Crippen LogP contribution in [0.25, 0.3) is 11.1 Å². The van der Waals surface area contributed by atoms with Crippen LogP contribution in [0.2, 0.25) is 0 Å². The highest BCUT2D eigenvalue weighted by molar-refractivity contribution is 14.1. The first-order valence-corrected chi connectivity index (χ1v) is 15.7. The topological polar surface area (TPSA) is 82.1 Å². The van der Waals surface area contributed by atoms with Crippen LogP contribution >= 0.6 is 22.6 Å². The minimum Gasteiger partial charge on any atom is -0.349 e. The second-order valence-electron chi connectivity index (χ2n) is 9.98. The van der Waals surface area contributed by atoms with Crippen molar-refractivity contribution < 1.29 is 9.00 Å². The van der Waals surface area contributed by atoms with E-state index in [4.69, 9.17) is 4.78 Å². The summed E-state index contributed by atoms with van der Waals surface area (Å²) in [5.74, 6) is 0.0311. The Hall–Kier alpha value is -2.23. The minimum absolute atomic E-state index is 0.0338. The number of aryl methyl sites for hydroxylation is 1. The predicted molar refractivity (Wildman–Crippen MR) is 160 cm³/mol. The van der Waals surface area contributed by atoms with Crippen molar-refractivity contribution in [1.29, 1.82) is 4.78 Å². The Bertz CT molecular complexity index is 1280. The Morgan fingerprint density at radius 1 is 0.946 bits per heavy atom. The highest BCUT2D eigenvalue weighted by Gasteiger charge is 2.29. The molecule has 1 unspecified atom stereocenters. The standard InChI is InChI=1S/C30H36IN3O2S/c1-3-4-22-5-7-24(8-6-22)25-13-19-29(20-14-25)37(32,36)34-28-17-11-26(12-18-28)30(35)33-21(2)23-9-15-27(31)16-10-23/h5-10,13-16,19-21,26,28H,3-4,11-12,17-18H2,1-2H3,(H,33,35)(H2,32,34,36)/t21-,26?,28?,37?/m1/s1. The van der Waals surface area contributed by atoms with Crippen molar-refractivity contribution in [3.05, 3.63) is 87.5 Å². The molecule has 1 saturated carbocycles. The van der Waals surface area contributed by atoms with E-state index in [1.165, 1.54) is 9.13 Å². The van der Waals surface area contributed by atoms with Gasteiger partial charge in [-0.25, -0.2) is 13.7 Å². The third-order valence-electron chi connectivity index (χ3n) is 7.17. The molecule has 196 valence electrons. The molecule has 0 spiro atoms. The van der Waals surface area contributed by atoms with Crippen molar-refractivity contribution in [2.45, 2.75) is 69.4 Å². The largest absolute Gasteiger partial charge is 0.349 e. The Kier molecular flexibility index (Phi) is 9.42. The zero-order valence-electron chi connectivity index (χ0n) is 21.5. The lowest BCUT2D eigenvalue weighted by atomic mass is 9.85. The van der Waals surface area contributed by atoms with Gasteiger partial charge in [-0.15, -0.1) is 0 Å². The van der Waals surface area contributed by atoms with Crippen molar-refractivity contribution >= 4 is 38.4 Å². The zero-order valence-corrected chi connectivity index (χ0v) is 24.5. The molecule has 37 heavy (non-hydrogen) atoms. The quantitative estimate of drug-likeness (QED) is 0.218. The van der Waals surface area contributed by atoms with E-state index in [1.807, 2.05) is 43.3 Å². The lowest BCUT2D eigenvalue weighted by molar-refractivity contribution is -0.126. The molecule has 0 bridgehead atoms. The summed E-state index contributed by atoms with van der Waals surface area (Å²) in [6, 6.07) is 24.1. The normalized spacial score (nSPS) is 20.1. The molecule has 3 aromatic rings. The van der Waals surface area contributed by atoms with E-state index in [9.17, 15) is 9.00 Å². The molecular formula is C30H36IN3O2S. The van der Waals surface area contributed by atoms with Gasteiger partial charge in [-0.2, -0.15) is 0 Å². The van der Waals surface area contributed by atoms with E-state index in [0.29, 0.717) is 4.90 Å². The van der Waals surface area contributed by atoms with Crippen LogP contribution in [0.4, 0.5) is 0 Å². The van der Waals surface area contributed by atoms with Crippen LogP contribution in [0, 0.1) is 14.3 Å². The minimum atomic E-state index is -3.12. The Morgan fingerprint density at radius 3 is 2.08 bits per heavy atom. The first kappa shape index (κ1) is 27.8. The molecule has 3 aromatic carbocycles. The van der Waals surface area contributed by atoms with Crippen LogP contribution in [0.1, 0.15) is 63.1 Å². The second-order valence-corrected chi connectivity index (χ2v) is 13.0. The highest BCUT2D eigenvalue weighted by Crippen LogP contribution is 2.28. The van der Waals surface area contributed by atoms with Gasteiger partial charge in [0.1, 0.15) is 9.92 Å². The van der Waals surface area contributed by atoms with E-state index >= 15 is 0 Å². The summed E-state index contributed by atoms with van der Waals surface area (Å²) in [6.07, 6.45) is 5.12. The zero-order chi connectivity index (χ0) is 26.4. The summed E-state index contributed by atoms with van der Waals surface area (Å²) >= 11 is 2.27. The number of hydrogen-bond acceptors (Lipinski definition) is 3. The molecule has 0 heterocycles. The van der Waals surface area contributed by atoms with Crippen molar-refractivity contribution in [2.24, 2.45) is 5.92 Å². The van der Waals surface area contributed by atoms with Gasteiger partial charge < -0.3 is 5.32 Å². The summed E-state index contributed by atoms with van der Waals surface area (Å²) in [7, 11) is -3.12. The Morgan fingerprint density at radius 2 is 1.51 bits per heavy atom. The average molecular weight is 630 g/mol. The maximum absolute atomic E-state index is 13.2. The number of amides is 1.